The van der Waals surface area contributed by atoms with Crippen molar-refractivity contribution < 1.29 is 19.0 Å². The summed E-state index contributed by atoms with van der Waals surface area (Å²) in [5, 5.41) is 0. The fraction of sp³-hybridized carbons (Fsp3) is 0.316. The summed E-state index contributed by atoms with van der Waals surface area (Å²) in [7, 11) is 4.96. The molecule has 1 amide bonds. The molecule has 0 unspecified atom stereocenters. The van der Waals surface area contributed by atoms with Crippen molar-refractivity contribution in [1.29, 1.82) is 0 Å². The van der Waals surface area contributed by atoms with Crippen molar-refractivity contribution in [2.75, 3.05) is 27.9 Å². The van der Waals surface area contributed by atoms with Crippen molar-refractivity contribution in [2.45, 2.75) is 13.5 Å². The molecule has 0 bridgehead atoms. The summed E-state index contributed by atoms with van der Waals surface area (Å²) in [6.07, 6.45) is 0. The maximum absolute atomic E-state index is 12.5. The third-order valence-corrected chi connectivity index (χ3v) is 3.63. The number of hydrogen-bond donors (Lipinski definition) is 0. The first kappa shape index (κ1) is 17.7. The minimum absolute atomic E-state index is 0.0483. The second kappa shape index (κ2) is 8.24. The molecule has 0 aliphatic heterocycles. The zero-order valence-electron chi connectivity index (χ0n) is 14.5. The molecule has 128 valence electrons. The summed E-state index contributed by atoms with van der Waals surface area (Å²) in [4.78, 5) is 14.2. The molecular weight excluding hydrogens is 306 g/mol. The Morgan fingerprint density at radius 3 is 2.25 bits per heavy atom. The van der Waals surface area contributed by atoms with Crippen molar-refractivity contribution in [1.82, 2.24) is 4.90 Å². The van der Waals surface area contributed by atoms with Gasteiger partial charge in [0.25, 0.3) is 5.91 Å². The van der Waals surface area contributed by atoms with Crippen LogP contribution in [0.25, 0.3) is 0 Å². The monoisotopic (exact) mass is 329 g/mol. The van der Waals surface area contributed by atoms with Crippen molar-refractivity contribution in [3.05, 3.63) is 53.6 Å². The van der Waals surface area contributed by atoms with Gasteiger partial charge in [0.05, 0.1) is 20.8 Å². The van der Waals surface area contributed by atoms with Crippen LogP contribution in [0.4, 0.5) is 0 Å². The fourth-order valence-corrected chi connectivity index (χ4v) is 2.41. The van der Waals surface area contributed by atoms with E-state index in [1.165, 1.54) is 0 Å². The Labute approximate surface area is 142 Å². The molecular formula is C19H23NO4. The van der Waals surface area contributed by atoms with Crippen molar-refractivity contribution >= 4 is 5.91 Å². The number of methoxy groups -OCH3 is 2. The van der Waals surface area contributed by atoms with Crippen LogP contribution in [0.5, 0.6) is 17.2 Å². The molecule has 5 heteroatoms. The number of carbonyl (C=O) groups is 1. The van der Waals surface area contributed by atoms with Gasteiger partial charge in [0, 0.05) is 19.2 Å². The van der Waals surface area contributed by atoms with Gasteiger partial charge >= 0.3 is 0 Å². The lowest BCUT2D eigenvalue weighted by Crippen LogP contribution is -2.26. The second-order valence-corrected chi connectivity index (χ2v) is 5.31. The van der Waals surface area contributed by atoms with Crippen molar-refractivity contribution in [2.24, 2.45) is 0 Å². The molecule has 0 saturated heterocycles. The molecule has 0 atom stereocenters. The Hall–Kier alpha value is -2.69. The molecule has 0 fully saturated rings. The van der Waals surface area contributed by atoms with Gasteiger partial charge in [-0.15, -0.1) is 0 Å². The molecule has 0 radical (unpaired) electrons. The molecule has 0 N–H and O–H groups in total. The zero-order chi connectivity index (χ0) is 17.5. The lowest BCUT2D eigenvalue weighted by Gasteiger charge is -2.18. The Kier molecular flexibility index (Phi) is 6.07. The molecule has 5 nitrogen and oxygen atoms in total. The van der Waals surface area contributed by atoms with Crippen molar-refractivity contribution in [3.8, 4) is 17.2 Å². The smallest absolute Gasteiger partial charge is 0.253 e. The van der Waals surface area contributed by atoms with Crippen LogP contribution in [-0.2, 0) is 6.54 Å². The van der Waals surface area contributed by atoms with E-state index < -0.39 is 0 Å². The average molecular weight is 329 g/mol. The highest BCUT2D eigenvalue weighted by molar-refractivity contribution is 5.94. The summed E-state index contributed by atoms with van der Waals surface area (Å²) in [5.74, 6) is 2.03. The van der Waals surface area contributed by atoms with Crippen LogP contribution in [-0.4, -0.2) is 38.7 Å². The Morgan fingerprint density at radius 2 is 1.67 bits per heavy atom. The van der Waals surface area contributed by atoms with Crippen LogP contribution in [0, 0.1) is 0 Å². The summed E-state index contributed by atoms with van der Waals surface area (Å²) >= 11 is 0. The Balaban J connectivity index is 2.08. The molecule has 2 rings (SSSR count). The van der Waals surface area contributed by atoms with E-state index in [1.54, 1.807) is 50.4 Å². The van der Waals surface area contributed by atoms with Gasteiger partial charge < -0.3 is 19.1 Å². The number of benzene rings is 2. The van der Waals surface area contributed by atoms with E-state index in [-0.39, 0.29) is 5.91 Å². The third kappa shape index (κ3) is 4.19. The lowest BCUT2D eigenvalue weighted by atomic mass is 10.1. The number of nitrogens with zero attached hydrogens (tertiary/aromatic N) is 1. The van der Waals surface area contributed by atoms with Crippen LogP contribution in [0.15, 0.2) is 42.5 Å². The second-order valence-electron chi connectivity index (χ2n) is 5.31. The molecule has 0 heterocycles. The van der Waals surface area contributed by atoms with Crippen LogP contribution in [0.1, 0.15) is 22.8 Å². The summed E-state index contributed by atoms with van der Waals surface area (Å²) in [6, 6.07) is 12.8. The standard InChI is InChI=1S/C19H23NO4/c1-5-24-16-9-7-15(8-10-16)19(21)20(2)13-14-6-11-17(22-3)18(12-14)23-4/h6-12H,5,13H2,1-4H3. The molecule has 0 aliphatic rings. The Bertz CT molecular complexity index is 682. The highest BCUT2D eigenvalue weighted by Gasteiger charge is 2.13. The number of ether oxygens (including phenoxy) is 3. The van der Waals surface area contributed by atoms with Gasteiger partial charge in [-0.3, -0.25) is 4.79 Å². The van der Waals surface area contributed by atoms with E-state index in [2.05, 4.69) is 0 Å². The maximum atomic E-state index is 12.5. The van der Waals surface area contributed by atoms with Gasteiger partial charge in [0.1, 0.15) is 5.75 Å². The van der Waals surface area contributed by atoms with Crippen LogP contribution >= 0.6 is 0 Å². The first-order valence-corrected chi connectivity index (χ1v) is 7.78. The topological polar surface area (TPSA) is 48.0 Å². The minimum atomic E-state index is -0.0483. The van der Waals surface area contributed by atoms with Gasteiger partial charge in [-0.05, 0) is 48.9 Å². The van der Waals surface area contributed by atoms with E-state index in [0.717, 1.165) is 11.3 Å². The summed E-state index contributed by atoms with van der Waals surface area (Å²) in [6.45, 7) is 3.01. The molecule has 2 aromatic carbocycles. The predicted octanol–water partition coefficient (Wildman–Crippen LogP) is 3.37. The van der Waals surface area contributed by atoms with Crippen LogP contribution in [0.2, 0.25) is 0 Å². The fourth-order valence-electron chi connectivity index (χ4n) is 2.41. The molecule has 2 aromatic rings. The first-order chi connectivity index (χ1) is 11.6. The largest absolute Gasteiger partial charge is 0.494 e. The maximum Gasteiger partial charge on any atom is 0.253 e. The van der Waals surface area contributed by atoms with Crippen molar-refractivity contribution in [3.63, 3.8) is 0 Å². The van der Waals surface area contributed by atoms with Gasteiger partial charge in [-0.1, -0.05) is 6.07 Å². The highest BCUT2D eigenvalue weighted by Crippen LogP contribution is 2.28. The normalized spacial score (nSPS) is 10.2. The van der Waals surface area contributed by atoms with Gasteiger partial charge in [-0.25, -0.2) is 0 Å². The molecule has 0 spiro atoms. The Morgan fingerprint density at radius 1 is 1.00 bits per heavy atom. The van der Waals surface area contributed by atoms with Gasteiger partial charge in [0.2, 0.25) is 0 Å². The first-order valence-electron chi connectivity index (χ1n) is 7.78. The SMILES string of the molecule is CCOc1ccc(C(=O)N(C)Cc2ccc(OC)c(OC)c2)cc1. The van der Waals surface area contributed by atoms with Crippen LogP contribution < -0.4 is 14.2 Å². The number of carbonyl (C=O) groups excluding carboxylic acids is 1. The third-order valence-electron chi connectivity index (χ3n) is 3.63. The molecule has 24 heavy (non-hydrogen) atoms. The van der Waals surface area contributed by atoms with E-state index >= 15 is 0 Å². The van der Waals surface area contributed by atoms with Gasteiger partial charge in [-0.2, -0.15) is 0 Å². The van der Waals surface area contributed by atoms with Crippen LogP contribution in [0.3, 0.4) is 0 Å². The number of hydrogen-bond acceptors (Lipinski definition) is 4. The van der Waals surface area contributed by atoms with Gasteiger partial charge in [0.15, 0.2) is 11.5 Å². The summed E-state index contributed by atoms with van der Waals surface area (Å²) in [5.41, 5.74) is 1.59. The number of rotatable bonds is 7. The molecule has 0 aromatic heterocycles. The molecule has 0 saturated carbocycles. The number of amides is 1. The zero-order valence-corrected chi connectivity index (χ0v) is 14.5. The average Bonchev–Trinajstić information content (AvgIpc) is 2.61. The quantitative estimate of drug-likeness (QED) is 0.781. The minimum Gasteiger partial charge on any atom is -0.494 e. The van der Waals surface area contributed by atoms with E-state index in [0.29, 0.717) is 30.2 Å². The van der Waals surface area contributed by atoms with E-state index in [9.17, 15) is 4.79 Å². The lowest BCUT2D eigenvalue weighted by molar-refractivity contribution is 0.0785. The van der Waals surface area contributed by atoms with E-state index in [1.807, 2.05) is 25.1 Å². The predicted molar refractivity (Wildman–Crippen MR) is 93.0 cm³/mol. The summed E-state index contributed by atoms with van der Waals surface area (Å²) < 4.78 is 15.9. The van der Waals surface area contributed by atoms with E-state index in [4.69, 9.17) is 14.2 Å². The highest BCUT2D eigenvalue weighted by atomic mass is 16.5. The molecule has 0 aliphatic carbocycles.